The van der Waals surface area contributed by atoms with Gasteiger partial charge in [-0.05, 0) is 124 Å². The molecule has 3 aliphatic rings. The summed E-state index contributed by atoms with van der Waals surface area (Å²) in [6.45, 7) is 0. The molecule has 7 heteroatoms. The van der Waals surface area contributed by atoms with Crippen molar-refractivity contribution in [3.63, 3.8) is 0 Å². The van der Waals surface area contributed by atoms with Gasteiger partial charge in [-0.15, -0.1) is 0 Å². The number of nitrogens with one attached hydrogen (secondary N) is 1. The highest BCUT2D eigenvalue weighted by atomic mass is 35.5. The van der Waals surface area contributed by atoms with Gasteiger partial charge in [-0.1, -0.05) is 113 Å². The average Bonchev–Trinajstić information content (AvgIpc) is 3.96. The standard InChI is InChI=1S/C46H27Cl4N3/c47-33-12-4-27(5-13-33)43-31-2-1-3-32(26-31)44(28-6-14-34(48)15-7-28)38-21-23-40(52-38)46(30-10-18-36(50)19-11-30)42-25-24-41(53-42)45(39-22-20-37(43)51-39)29-8-16-35(49)17-9-29/h1-26,53H. The highest BCUT2D eigenvalue weighted by Crippen LogP contribution is 2.37. The van der Waals surface area contributed by atoms with Crippen molar-refractivity contribution in [1.29, 1.82) is 0 Å². The van der Waals surface area contributed by atoms with Gasteiger partial charge in [0.15, 0.2) is 0 Å². The molecule has 0 radical (unpaired) electrons. The lowest BCUT2D eigenvalue weighted by molar-refractivity contribution is 1.25. The van der Waals surface area contributed by atoms with E-state index in [9.17, 15) is 0 Å². The molecule has 8 bridgehead atoms. The molecule has 0 fully saturated rings. The number of hydrogen-bond acceptors (Lipinski definition) is 2. The number of H-pyrrole nitrogens is 1. The van der Waals surface area contributed by atoms with Gasteiger partial charge in [0.1, 0.15) is 0 Å². The van der Waals surface area contributed by atoms with Gasteiger partial charge in [0, 0.05) is 53.1 Å². The fourth-order valence-electron chi connectivity index (χ4n) is 7.07. The molecule has 0 saturated heterocycles. The smallest absolute Gasteiger partial charge is 0.0737 e. The Bertz CT molecular complexity index is 2570. The number of aromatic nitrogens is 1. The Morgan fingerprint density at radius 1 is 0.340 bits per heavy atom. The van der Waals surface area contributed by atoms with Crippen LogP contribution in [0.2, 0.25) is 20.1 Å². The third-order valence-electron chi connectivity index (χ3n) is 9.50. The van der Waals surface area contributed by atoms with E-state index in [2.05, 4.69) is 65.7 Å². The van der Waals surface area contributed by atoms with E-state index in [1.807, 2.05) is 97.1 Å². The van der Waals surface area contributed by atoms with Gasteiger partial charge >= 0.3 is 0 Å². The lowest BCUT2D eigenvalue weighted by Gasteiger charge is -2.15. The van der Waals surface area contributed by atoms with Crippen molar-refractivity contribution in [2.75, 3.05) is 0 Å². The summed E-state index contributed by atoms with van der Waals surface area (Å²) in [5.41, 5.74) is 13.1. The normalized spacial score (nSPS) is 15.0. The second-order valence-corrected chi connectivity index (χ2v) is 14.6. The van der Waals surface area contributed by atoms with Gasteiger partial charge in [0.2, 0.25) is 0 Å². The minimum atomic E-state index is 0.662. The Balaban J connectivity index is 1.42. The van der Waals surface area contributed by atoms with Crippen LogP contribution < -0.4 is 10.7 Å². The summed E-state index contributed by atoms with van der Waals surface area (Å²) in [4.78, 5) is 14.5. The van der Waals surface area contributed by atoms with E-state index in [0.29, 0.717) is 20.1 Å². The molecule has 1 aromatic heterocycles. The Morgan fingerprint density at radius 3 is 1.04 bits per heavy atom. The highest BCUT2D eigenvalue weighted by Gasteiger charge is 2.23. The van der Waals surface area contributed by atoms with E-state index in [4.69, 9.17) is 56.4 Å². The van der Waals surface area contributed by atoms with Crippen LogP contribution >= 0.6 is 46.4 Å². The largest absolute Gasteiger partial charge is 0.354 e. The molecule has 0 saturated carbocycles. The summed E-state index contributed by atoms with van der Waals surface area (Å²) < 4.78 is 0. The lowest BCUT2D eigenvalue weighted by Crippen LogP contribution is -2.21. The summed E-state index contributed by atoms with van der Waals surface area (Å²) in [6.07, 6.45) is 8.34. The fourth-order valence-corrected chi connectivity index (χ4v) is 7.58. The van der Waals surface area contributed by atoms with E-state index in [1.54, 1.807) is 0 Å². The Labute approximate surface area is 326 Å². The number of allylic oxidation sites excluding steroid dienone is 4. The van der Waals surface area contributed by atoms with Gasteiger partial charge in [0.25, 0.3) is 0 Å². The van der Waals surface area contributed by atoms with E-state index >= 15 is 0 Å². The SMILES string of the molecule is Clc1ccc(C2=C3C=CC(=N3)C(c3ccc(Cl)cc3)=c3ccc([nH]3)=C(c3ccc(Cl)cc3)C3=NC(=C(c4ccc(Cl)cc4)c4cccc2c4)C=C3)cc1. The maximum absolute atomic E-state index is 6.40. The molecule has 3 aliphatic heterocycles. The fraction of sp³-hybridized carbons (Fsp3) is 0. The number of hydrogen-bond donors (Lipinski definition) is 1. The van der Waals surface area contributed by atoms with Gasteiger partial charge in [-0.25, -0.2) is 9.98 Å². The third kappa shape index (κ3) is 6.47. The molecule has 6 aromatic rings. The van der Waals surface area contributed by atoms with E-state index < -0.39 is 0 Å². The molecular formula is C46H27Cl4N3. The minimum absolute atomic E-state index is 0.662. The van der Waals surface area contributed by atoms with Gasteiger partial charge in [-0.2, -0.15) is 0 Å². The van der Waals surface area contributed by atoms with Crippen LogP contribution in [0.5, 0.6) is 0 Å². The summed E-state index contributed by atoms with van der Waals surface area (Å²) in [7, 11) is 0. The predicted molar refractivity (Wildman–Crippen MR) is 223 cm³/mol. The molecule has 0 atom stereocenters. The molecule has 0 amide bonds. The van der Waals surface area contributed by atoms with Crippen molar-refractivity contribution in [2.45, 2.75) is 0 Å². The van der Waals surface area contributed by atoms with Crippen LogP contribution in [0.1, 0.15) is 33.4 Å². The van der Waals surface area contributed by atoms with Gasteiger partial charge in [0.05, 0.1) is 22.8 Å². The first-order valence-corrected chi connectivity index (χ1v) is 18.5. The molecule has 9 rings (SSSR count). The zero-order valence-corrected chi connectivity index (χ0v) is 30.9. The molecule has 3 nitrogen and oxygen atoms in total. The van der Waals surface area contributed by atoms with Gasteiger partial charge in [-0.3, -0.25) is 0 Å². The van der Waals surface area contributed by atoms with E-state index in [-0.39, 0.29) is 0 Å². The zero-order valence-electron chi connectivity index (χ0n) is 27.9. The number of aromatic amines is 1. The van der Waals surface area contributed by atoms with Crippen molar-refractivity contribution < 1.29 is 0 Å². The number of nitrogens with zero attached hydrogens (tertiary/aromatic N) is 2. The molecule has 0 unspecified atom stereocenters. The van der Waals surface area contributed by atoms with Crippen LogP contribution in [0.15, 0.2) is 179 Å². The van der Waals surface area contributed by atoms with Crippen LogP contribution in [0.3, 0.4) is 0 Å². The summed E-state index contributed by atoms with van der Waals surface area (Å²) in [5.74, 6) is 0. The first-order chi connectivity index (χ1) is 25.9. The topological polar surface area (TPSA) is 40.5 Å². The molecule has 1 N–H and O–H groups in total. The summed E-state index contributed by atoms with van der Waals surface area (Å²) in [5, 5.41) is 4.46. The van der Waals surface area contributed by atoms with Crippen molar-refractivity contribution in [1.82, 2.24) is 4.98 Å². The third-order valence-corrected chi connectivity index (χ3v) is 10.5. The van der Waals surface area contributed by atoms with Crippen molar-refractivity contribution >= 4 is 80.1 Å². The number of halogens is 4. The Hall–Kier alpha value is -5.42. The number of fused-ring (bicyclic) bond motifs is 6. The predicted octanol–water partition coefficient (Wildman–Crippen LogP) is 11.3. The second kappa shape index (κ2) is 13.9. The van der Waals surface area contributed by atoms with Crippen LogP contribution in [0.4, 0.5) is 0 Å². The van der Waals surface area contributed by atoms with Crippen molar-refractivity contribution in [3.8, 4) is 0 Å². The maximum atomic E-state index is 6.40. The first kappa shape index (κ1) is 33.4. The van der Waals surface area contributed by atoms with Crippen LogP contribution in [-0.4, -0.2) is 16.4 Å². The Kier molecular flexibility index (Phi) is 8.73. The molecule has 53 heavy (non-hydrogen) atoms. The summed E-state index contributed by atoms with van der Waals surface area (Å²) in [6, 6.07) is 44.3. The van der Waals surface area contributed by atoms with Crippen LogP contribution in [0.25, 0.3) is 22.3 Å². The molecule has 4 heterocycles. The second-order valence-electron chi connectivity index (χ2n) is 12.8. The number of benzene rings is 5. The lowest BCUT2D eigenvalue weighted by atomic mass is 9.90. The van der Waals surface area contributed by atoms with Crippen LogP contribution in [0, 0.1) is 0 Å². The highest BCUT2D eigenvalue weighted by molar-refractivity contribution is 6.33. The number of rotatable bonds is 4. The van der Waals surface area contributed by atoms with Gasteiger partial charge < -0.3 is 4.98 Å². The minimum Gasteiger partial charge on any atom is -0.354 e. The summed E-state index contributed by atoms with van der Waals surface area (Å²) >= 11 is 25.6. The average molecular weight is 764 g/mol. The monoisotopic (exact) mass is 761 g/mol. The number of aliphatic imine (C=N–C) groups is 2. The maximum Gasteiger partial charge on any atom is 0.0737 e. The molecule has 0 spiro atoms. The van der Waals surface area contributed by atoms with E-state index in [1.165, 1.54) is 0 Å². The molecule has 254 valence electrons. The van der Waals surface area contributed by atoms with E-state index in [0.717, 1.165) is 89.2 Å². The molecular weight excluding hydrogens is 736 g/mol. The first-order valence-electron chi connectivity index (χ1n) is 17.0. The molecule has 5 aromatic carbocycles. The zero-order chi connectivity index (χ0) is 36.1. The van der Waals surface area contributed by atoms with Crippen molar-refractivity contribution in [2.24, 2.45) is 9.98 Å². The van der Waals surface area contributed by atoms with Crippen LogP contribution in [-0.2, 0) is 0 Å². The van der Waals surface area contributed by atoms with Crippen molar-refractivity contribution in [3.05, 3.63) is 233 Å². The molecule has 0 aliphatic carbocycles. The quantitative estimate of drug-likeness (QED) is 0.186. The Morgan fingerprint density at radius 2 is 0.679 bits per heavy atom.